The fourth-order valence-corrected chi connectivity index (χ4v) is 3.41. The van der Waals surface area contributed by atoms with Gasteiger partial charge in [0, 0.05) is 10.7 Å². The molecule has 0 aliphatic carbocycles. The molecule has 140 valence electrons. The highest BCUT2D eigenvalue weighted by atomic mass is 79.9. The molecule has 2 aromatic carbocycles. The molecule has 3 aromatic rings. The lowest BCUT2D eigenvalue weighted by molar-refractivity contribution is 0.393. The summed E-state index contributed by atoms with van der Waals surface area (Å²) in [6.45, 7) is 3.44. The van der Waals surface area contributed by atoms with Gasteiger partial charge in [0.1, 0.15) is 11.6 Å². The van der Waals surface area contributed by atoms with E-state index in [1.165, 1.54) is 10.8 Å². The van der Waals surface area contributed by atoms with Crippen LogP contribution in [0.1, 0.15) is 35.2 Å². The Hall–Kier alpha value is -3.17. The van der Waals surface area contributed by atoms with Gasteiger partial charge in [0.15, 0.2) is 0 Å². The summed E-state index contributed by atoms with van der Waals surface area (Å²) in [6.07, 6.45) is 1.49. The van der Waals surface area contributed by atoms with Gasteiger partial charge in [-0.1, -0.05) is 42.5 Å². The molecule has 0 aliphatic heterocycles. The summed E-state index contributed by atoms with van der Waals surface area (Å²) < 4.78 is 2.04. The summed E-state index contributed by atoms with van der Waals surface area (Å²) in [5.74, 6) is -0.214. The van der Waals surface area contributed by atoms with Gasteiger partial charge in [0.25, 0.3) is 5.56 Å². The topological polar surface area (TPSA) is 78.4 Å². The molecule has 0 aliphatic rings. The predicted molar refractivity (Wildman–Crippen MR) is 113 cm³/mol. The zero-order valence-corrected chi connectivity index (χ0v) is 17.0. The van der Waals surface area contributed by atoms with E-state index in [1.807, 2.05) is 67.6 Å². The van der Waals surface area contributed by atoms with Crippen molar-refractivity contribution in [2.45, 2.75) is 19.9 Å². The molecule has 28 heavy (non-hydrogen) atoms. The van der Waals surface area contributed by atoms with Crippen LogP contribution in [0.25, 0.3) is 0 Å². The lowest BCUT2D eigenvalue weighted by Gasteiger charge is -2.20. The lowest BCUT2D eigenvalue weighted by atomic mass is 10.0. The monoisotopic (exact) mass is 435 g/mol. The van der Waals surface area contributed by atoms with Crippen molar-refractivity contribution in [3.8, 4) is 11.9 Å². The number of aromatic nitrogens is 1. The van der Waals surface area contributed by atoms with Gasteiger partial charge in [-0.15, -0.1) is 0 Å². The highest BCUT2D eigenvalue weighted by Gasteiger charge is 2.22. The number of nitriles is 1. The van der Waals surface area contributed by atoms with Gasteiger partial charge in [0.05, 0.1) is 17.3 Å². The van der Waals surface area contributed by atoms with E-state index in [9.17, 15) is 15.2 Å². The normalized spacial score (nSPS) is 12.1. The van der Waals surface area contributed by atoms with E-state index in [1.54, 1.807) is 6.92 Å². The molecule has 5 nitrogen and oxygen atoms in total. The van der Waals surface area contributed by atoms with E-state index < -0.39 is 11.6 Å². The third kappa shape index (κ3) is 3.62. The molecule has 0 saturated heterocycles. The first-order valence-electron chi connectivity index (χ1n) is 8.67. The summed E-state index contributed by atoms with van der Waals surface area (Å²) in [7, 11) is 0. The smallest absolute Gasteiger partial charge is 0.272 e. The Bertz CT molecular complexity index is 1140. The minimum Gasteiger partial charge on any atom is -0.494 e. The van der Waals surface area contributed by atoms with Crippen molar-refractivity contribution in [1.82, 2.24) is 4.57 Å². The van der Waals surface area contributed by atoms with E-state index in [2.05, 4.69) is 20.9 Å². The molecule has 1 unspecified atom stereocenters. The predicted octanol–water partition coefficient (Wildman–Crippen LogP) is 4.86. The number of para-hydroxylation sites is 1. The summed E-state index contributed by atoms with van der Waals surface area (Å²) in [5.41, 5.74) is 1.74. The van der Waals surface area contributed by atoms with Crippen molar-refractivity contribution in [2.75, 3.05) is 0 Å². The van der Waals surface area contributed by atoms with Crippen LogP contribution in [0.3, 0.4) is 0 Å². The van der Waals surface area contributed by atoms with Crippen LogP contribution < -0.4 is 5.56 Å². The molecule has 1 aromatic heterocycles. The highest BCUT2D eigenvalue weighted by molar-refractivity contribution is 9.10. The van der Waals surface area contributed by atoms with Gasteiger partial charge in [-0.2, -0.15) is 5.26 Å². The Morgan fingerprint density at radius 3 is 2.46 bits per heavy atom. The van der Waals surface area contributed by atoms with Gasteiger partial charge >= 0.3 is 0 Å². The Labute approximate surface area is 171 Å². The molecule has 0 bridgehead atoms. The summed E-state index contributed by atoms with van der Waals surface area (Å²) >= 11 is 3.43. The summed E-state index contributed by atoms with van der Waals surface area (Å²) in [4.78, 5) is 17.3. The summed E-state index contributed by atoms with van der Waals surface area (Å²) in [5, 5.41) is 20.4. The zero-order valence-electron chi connectivity index (χ0n) is 15.4. The third-order valence-corrected chi connectivity index (χ3v) is 5.32. The van der Waals surface area contributed by atoms with Crippen molar-refractivity contribution >= 4 is 27.8 Å². The molecule has 0 amide bonds. The number of pyridine rings is 1. The Balaban J connectivity index is 2.20. The zero-order chi connectivity index (χ0) is 20.3. The number of hydrogen-bond donors (Lipinski definition) is 1. The van der Waals surface area contributed by atoms with Crippen LogP contribution in [0.15, 0.2) is 68.9 Å². The minimum absolute atomic E-state index is 0.00541. The average Bonchev–Trinajstić information content (AvgIpc) is 2.70. The Morgan fingerprint density at radius 1 is 1.18 bits per heavy atom. The minimum atomic E-state index is -0.521. The first kappa shape index (κ1) is 19.6. The maximum absolute atomic E-state index is 12.9. The lowest BCUT2D eigenvalue weighted by Crippen LogP contribution is -2.28. The number of aromatic hydroxyl groups is 1. The van der Waals surface area contributed by atoms with E-state index >= 15 is 0 Å². The molecule has 1 heterocycles. The number of rotatable bonds is 4. The van der Waals surface area contributed by atoms with Crippen molar-refractivity contribution in [3.63, 3.8) is 0 Å². The van der Waals surface area contributed by atoms with Crippen LogP contribution >= 0.6 is 15.9 Å². The molecule has 3 rings (SSSR count). The maximum Gasteiger partial charge on any atom is 0.272 e. The fraction of sp³-hybridized carbons (Fsp3) is 0.136. The van der Waals surface area contributed by atoms with Crippen LogP contribution in [-0.2, 0) is 0 Å². The fourth-order valence-electron chi connectivity index (χ4n) is 3.03. The van der Waals surface area contributed by atoms with Crippen LogP contribution in [0, 0.1) is 18.3 Å². The molecule has 0 saturated carbocycles. The Morgan fingerprint density at radius 2 is 1.82 bits per heavy atom. The standard InChI is InChI=1S/C22H18BrN3O2/c1-14-17(12-24)21(27)26(15(2)16-8-4-3-5-9-16)22(28)18(14)13-25-20-11-7-6-10-19(20)23/h3-11,13,15,28H,1-2H3. The number of nitrogens with zero attached hydrogens (tertiary/aromatic N) is 3. The average molecular weight is 436 g/mol. The van der Waals surface area contributed by atoms with Gasteiger partial charge < -0.3 is 5.11 Å². The second kappa shape index (κ2) is 8.24. The van der Waals surface area contributed by atoms with Crippen LogP contribution in [-0.4, -0.2) is 15.9 Å². The van der Waals surface area contributed by atoms with Crippen LogP contribution in [0.2, 0.25) is 0 Å². The second-order valence-electron chi connectivity index (χ2n) is 6.32. The molecular formula is C22H18BrN3O2. The van der Waals surface area contributed by atoms with Gasteiger partial charge in [-0.05, 0) is 53.0 Å². The number of hydrogen-bond acceptors (Lipinski definition) is 4. The highest BCUT2D eigenvalue weighted by Crippen LogP contribution is 2.28. The maximum atomic E-state index is 12.9. The SMILES string of the molecule is Cc1c(C=Nc2ccccc2Br)c(O)n(C(C)c2ccccc2)c(=O)c1C#N. The van der Waals surface area contributed by atoms with E-state index in [0.717, 1.165) is 10.0 Å². The van der Waals surface area contributed by atoms with Crippen LogP contribution in [0.5, 0.6) is 5.88 Å². The first-order chi connectivity index (χ1) is 13.5. The summed E-state index contributed by atoms with van der Waals surface area (Å²) in [6, 6.07) is 18.3. The van der Waals surface area contributed by atoms with Gasteiger partial charge in [-0.25, -0.2) is 0 Å². The van der Waals surface area contributed by atoms with E-state index in [0.29, 0.717) is 16.8 Å². The molecule has 0 radical (unpaired) electrons. The third-order valence-electron chi connectivity index (χ3n) is 4.65. The molecule has 6 heteroatoms. The number of benzene rings is 2. The number of aliphatic imine (C=N–C) groups is 1. The first-order valence-corrected chi connectivity index (χ1v) is 9.46. The quantitative estimate of drug-likeness (QED) is 0.594. The van der Waals surface area contributed by atoms with E-state index in [4.69, 9.17) is 0 Å². The molecule has 1 atom stereocenters. The molecule has 1 N–H and O–H groups in total. The largest absolute Gasteiger partial charge is 0.494 e. The van der Waals surface area contributed by atoms with Crippen molar-refractivity contribution in [2.24, 2.45) is 4.99 Å². The molecule has 0 fully saturated rings. The Kier molecular flexibility index (Phi) is 5.76. The van der Waals surface area contributed by atoms with Crippen molar-refractivity contribution in [1.29, 1.82) is 5.26 Å². The van der Waals surface area contributed by atoms with Crippen molar-refractivity contribution < 1.29 is 5.11 Å². The second-order valence-corrected chi connectivity index (χ2v) is 7.17. The van der Waals surface area contributed by atoms with E-state index in [-0.39, 0.29) is 11.4 Å². The van der Waals surface area contributed by atoms with Crippen molar-refractivity contribution in [3.05, 3.63) is 91.7 Å². The molecular weight excluding hydrogens is 418 g/mol. The van der Waals surface area contributed by atoms with Crippen LogP contribution in [0.4, 0.5) is 5.69 Å². The van der Waals surface area contributed by atoms with Gasteiger partial charge in [0.2, 0.25) is 5.88 Å². The molecule has 0 spiro atoms. The number of halogens is 1. The van der Waals surface area contributed by atoms with Gasteiger partial charge in [-0.3, -0.25) is 14.4 Å².